The molecule has 0 amide bonds. The Labute approximate surface area is 62.9 Å². The molecule has 0 aliphatic heterocycles. The predicted octanol–water partition coefficient (Wildman–Crippen LogP) is 0.618. The van der Waals surface area contributed by atoms with Crippen molar-refractivity contribution in [2.75, 3.05) is 0 Å². The third kappa shape index (κ3) is 3.28. The molecule has 0 aromatic heterocycles. The predicted molar refractivity (Wildman–Crippen MR) is 21.8 cm³/mol. The fourth-order valence-corrected chi connectivity index (χ4v) is 0.526. The first-order valence-corrected chi connectivity index (χ1v) is 3.40. The molecule has 0 N–H and O–H groups in total. The Balaban J connectivity index is 4.67. The summed E-state index contributed by atoms with van der Waals surface area (Å²) in [4.78, 5) is 0. The molecule has 74 valence electrons. The van der Waals surface area contributed by atoms with Crippen LogP contribution in [0.1, 0.15) is 0 Å². The molecule has 0 aromatic rings. The summed E-state index contributed by atoms with van der Waals surface area (Å²) in [6.45, 7) is 0. The number of hydrogen-bond donors (Lipinski definition) is 0. The summed E-state index contributed by atoms with van der Waals surface area (Å²) in [5.74, 6) is 0. The van der Waals surface area contributed by atoms with Crippen LogP contribution in [0.5, 0.6) is 0 Å². The molecule has 0 heterocycles. The van der Waals surface area contributed by atoms with Crippen LogP contribution in [0, 0.1) is 0 Å². The van der Waals surface area contributed by atoms with Crippen molar-refractivity contribution >= 4 is 10.4 Å². The molecule has 0 radical (unpaired) electrons. The van der Waals surface area contributed by atoms with E-state index in [0.717, 1.165) is 0 Å². The van der Waals surface area contributed by atoms with Gasteiger partial charge in [0, 0.05) is 0 Å². The highest BCUT2D eigenvalue weighted by atomic mass is 32.3. The molecule has 10 heteroatoms. The molecule has 0 bridgehead atoms. The molecule has 0 aromatic carbocycles. The highest BCUT2D eigenvalue weighted by Gasteiger charge is 2.61. The molecule has 4 nitrogen and oxygen atoms in total. The maximum atomic E-state index is 11.5. The van der Waals surface area contributed by atoms with E-state index in [1.807, 2.05) is 4.18 Å². The fraction of sp³-hybridized carbons (Fsp3) is 1.00. The van der Waals surface area contributed by atoms with Crippen LogP contribution < -0.4 is 0 Å². The smallest absolute Gasteiger partial charge is 0.484 e. The van der Waals surface area contributed by atoms with E-state index < -0.39 is 22.7 Å². The number of alkyl halides is 5. The van der Waals surface area contributed by atoms with E-state index in [1.54, 1.807) is 0 Å². The molecule has 0 spiro atoms. The van der Waals surface area contributed by atoms with Gasteiger partial charge < -0.3 is 4.55 Å². The number of halogens is 5. The average Bonchev–Trinajstić information content (AvgIpc) is 1.52. The van der Waals surface area contributed by atoms with Crippen LogP contribution >= 0.6 is 0 Å². The molecule has 0 aliphatic rings. The lowest BCUT2D eigenvalue weighted by Gasteiger charge is -2.19. The molecule has 0 atom stereocenters. The quantitative estimate of drug-likeness (QED) is 0.384. The van der Waals surface area contributed by atoms with Crippen LogP contribution in [0.15, 0.2) is 0 Å². The van der Waals surface area contributed by atoms with Crippen molar-refractivity contribution in [3.8, 4) is 0 Å². The lowest BCUT2D eigenvalue weighted by Crippen LogP contribution is -2.40. The summed E-state index contributed by atoms with van der Waals surface area (Å²) < 4.78 is 86.2. The maximum absolute atomic E-state index is 11.5. The summed E-state index contributed by atoms with van der Waals surface area (Å²) in [5.41, 5.74) is 0. The summed E-state index contributed by atoms with van der Waals surface area (Å²) in [7, 11) is -6.08. The van der Waals surface area contributed by atoms with Gasteiger partial charge in [0.1, 0.15) is 0 Å². The van der Waals surface area contributed by atoms with E-state index in [9.17, 15) is 34.9 Å². The van der Waals surface area contributed by atoms with E-state index in [4.69, 9.17) is 0 Å². The van der Waals surface area contributed by atoms with Crippen molar-refractivity contribution in [3.63, 3.8) is 0 Å². The van der Waals surface area contributed by atoms with E-state index in [0.29, 0.717) is 0 Å². The van der Waals surface area contributed by atoms with Gasteiger partial charge in [0.25, 0.3) is 0 Å². The average molecular weight is 215 g/mol. The lowest BCUT2D eigenvalue weighted by molar-refractivity contribution is -0.361. The van der Waals surface area contributed by atoms with Crippen molar-refractivity contribution in [3.05, 3.63) is 0 Å². The minimum Gasteiger partial charge on any atom is -0.725 e. The van der Waals surface area contributed by atoms with Gasteiger partial charge in [-0.25, -0.2) is 12.6 Å². The van der Waals surface area contributed by atoms with Crippen LogP contribution in [0.3, 0.4) is 0 Å². The zero-order valence-electron chi connectivity index (χ0n) is 4.93. The SMILES string of the molecule is O=S(=O)([O-])OC(F)(F)C(F)(F)F. The normalized spacial score (nSPS) is 14.8. The second kappa shape index (κ2) is 2.78. The molecular formula is C2F5O4S-. The number of hydrogen-bond acceptors (Lipinski definition) is 4. The second-order valence-corrected chi connectivity index (χ2v) is 2.49. The molecule has 0 saturated heterocycles. The molecule has 0 rings (SSSR count). The Morgan fingerprint density at radius 2 is 1.42 bits per heavy atom. The molecule has 0 unspecified atom stereocenters. The van der Waals surface area contributed by atoms with Gasteiger partial charge in [-0.15, -0.1) is 0 Å². The van der Waals surface area contributed by atoms with Crippen LogP contribution in [0.25, 0.3) is 0 Å². The Kier molecular flexibility index (Phi) is 2.67. The fourth-order valence-electron chi connectivity index (χ4n) is 0.175. The van der Waals surface area contributed by atoms with E-state index in [-0.39, 0.29) is 0 Å². The Bertz CT molecular complexity index is 251. The first kappa shape index (κ1) is 11.5. The number of rotatable bonds is 2. The standard InChI is InChI=1S/C2HF5O4S/c3-1(4,5)2(6,7)11-12(8,9)10/h(H,8,9,10)/p-1. The third-order valence-corrected chi connectivity index (χ3v) is 0.950. The van der Waals surface area contributed by atoms with E-state index >= 15 is 0 Å². The van der Waals surface area contributed by atoms with Gasteiger partial charge in [0.15, 0.2) is 0 Å². The minimum atomic E-state index is -6.23. The zero-order valence-corrected chi connectivity index (χ0v) is 5.75. The van der Waals surface area contributed by atoms with Gasteiger partial charge in [0.05, 0.1) is 0 Å². The summed E-state index contributed by atoms with van der Waals surface area (Å²) in [5, 5.41) is 0. The van der Waals surface area contributed by atoms with Gasteiger partial charge in [-0.3, -0.25) is 0 Å². The monoisotopic (exact) mass is 215 g/mol. The third-order valence-electron chi connectivity index (χ3n) is 0.537. The first-order valence-electron chi connectivity index (χ1n) is 2.07. The first-order chi connectivity index (χ1) is 4.96. The van der Waals surface area contributed by atoms with Gasteiger partial charge in [0.2, 0.25) is 10.4 Å². The summed E-state index contributed by atoms with van der Waals surface area (Å²) in [6.07, 6.45) is -12.2. The van der Waals surface area contributed by atoms with Gasteiger partial charge in [-0.1, -0.05) is 0 Å². The van der Waals surface area contributed by atoms with Crippen molar-refractivity contribution in [2.24, 2.45) is 0 Å². The zero-order chi connectivity index (χ0) is 10.2. The molecule has 0 aliphatic carbocycles. The van der Waals surface area contributed by atoms with Crippen molar-refractivity contribution in [1.29, 1.82) is 0 Å². The largest absolute Gasteiger partial charge is 0.725 e. The van der Waals surface area contributed by atoms with Crippen LogP contribution in [0.4, 0.5) is 22.0 Å². The van der Waals surface area contributed by atoms with Gasteiger partial charge >= 0.3 is 12.3 Å². The Morgan fingerprint density at radius 1 is 1.08 bits per heavy atom. The Hall–Kier alpha value is -0.480. The second-order valence-electron chi connectivity index (χ2n) is 1.51. The molecule has 0 fully saturated rings. The van der Waals surface area contributed by atoms with Crippen LogP contribution in [0.2, 0.25) is 0 Å². The van der Waals surface area contributed by atoms with Crippen LogP contribution in [-0.4, -0.2) is 25.3 Å². The maximum Gasteiger partial charge on any atom is 0.484 e. The van der Waals surface area contributed by atoms with Crippen LogP contribution in [-0.2, 0) is 14.6 Å². The van der Waals surface area contributed by atoms with Gasteiger partial charge in [-0.05, 0) is 0 Å². The van der Waals surface area contributed by atoms with E-state index in [1.165, 1.54) is 0 Å². The van der Waals surface area contributed by atoms with Crippen molar-refractivity contribution in [2.45, 2.75) is 12.3 Å². The van der Waals surface area contributed by atoms with E-state index in [2.05, 4.69) is 0 Å². The summed E-state index contributed by atoms with van der Waals surface area (Å²) in [6, 6.07) is 0. The molecule has 0 saturated carbocycles. The topological polar surface area (TPSA) is 66.4 Å². The Morgan fingerprint density at radius 3 is 1.50 bits per heavy atom. The molecule has 12 heavy (non-hydrogen) atoms. The highest BCUT2D eigenvalue weighted by molar-refractivity contribution is 7.80. The lowest BCUT2D eigenvalue weighted by atomic mass is 10.6. The van der Waals surface area contributed by atoms with Crippen molar-refractivity contribution in [1.82, 2.24) is 0 Å². The highest BCUT2D eigenvalue weighted by Crippen LogP contribution is 2.37. The summed E-state index contributed by atoms with van der Waals surface area (Å²) >= 11 is 0. The van der Waals surface area contributed by atoms with Gasteiger partial charge in [-0.2, -0.15) is 22.0 Å². The van der Waals surface area contributed by atoms with Crippen molar-refractivity contribution < 1.29 is 39.1 Å². The molecular weight excluding hydrogens is 215 g/mol. The minimum absolute atomic E-state index is 1.95.